The predicted molar refractivity (Wildman–Crippen MR) is 91.8 cm³/mol. The third-order valence-corrected chi connectivity index (χ3v) is 4.15. The van der Waals surface area contributed by atoms with Gasteiger partial charge in [0.15, 0.2) is 11.5 Å². The smallest absolute Gasteiger partial charge is 0.387 e. The lowest BCUT2D eigenvalue weighted by Crippen LogP contribution is -2.29. The van der Waals surface area contributed by atoms with Crippen molar-refractivity contribution < 1.29 is 23.0 Å². The molecule has 0 aliphatic heterocycles. The Morgan fingerprint density at radius 2 is 2.11 bits per heavy atom. The summed E-state index contributed by atoms with van der Waals surface area (Å²) in [7, 11) is 1.30. The Morgan fingerprint density at radius 1 is 1.30 bits per heavy atom. The number of nitrogens with one attached hydrogen (secondary N) is 1. The number of carbonyl (C=O) groups is 1. The highest BCUT2D eigenvalue weighted by molar-refractivity contribution is 7.12. The number of ether oxygens (including phenoxy) is 2. The molecule has 0 aliphatic rings. The van der Waals surface area contributed by atoms with Crippen LogP contribution < -0.4 is 20.5 Å². The van der Waals surface area contributed by atoms with Gasteiger partial charge < -0.3 is 14.8 Å². The van der Waals surface area contributed by atoms with Gasteiger partial charge >= 0.3 is 12.3 Å². The van der Waals surface area contributed by atoms with Gasteiger partial charge in [-0.2, -0.15) is 18.1 Å². The van der Waals surface area contributed by atoms with Gasteiger partial charge in [-0.1, -0.05) is 0 Å². The second kappa shape index (κ2) is 7.95. The maximum absolute atomic E-state index is 12.5. The van der Waals surface area contributed by atoms with E-state index in [2.05, 4.69) is 20.5 Å². The lowest BCUT2D eigenvalue weighted by atomic mass is 10.2. The van der Waals surface area contributed by atoms with E-state index in [-0.39, 0.29) is 17.2 Å². The van der Waals surface area contributed by atoms with Crippen molar-refractivity contribution in [1.29, 1.82) is 0 Å². The molecule has 0 radical (unpaired) electrons. The summed E-state index contributed by atoms with van der Waals surface area (Å²) in [6.07, 6.45) is 0. The zero-order valence-corrected chi connectivity index (χ0v) is 14.7. The van der Waals surface area contributed by atoms with Crippen LogP contribution in [0.5, 0.6) is 11.5 Å². The van der Waals surface area contributed by atoms with Crippen LogP contribution in [0.25, 0.3) is 5.00 Å². The normalized spacial score (nSPS) is 10.8. The minimum Gasteiger partial charge on any atom is -0.493 e. The number of anilines is 1. The number of alkyl halides is 2. The van der Waals surface area contributed by atoms with Crippen molar-refractivity contribution in [3.63, 3.8) is 0 Å². The van der Waals surface area contributed by atoms with Gasteiger partial charge in [-0.05, 0) is 40.1 Å². The number of methoxy groups -OCH3 is 1. The Labute approximate surface area is 154 Å². The van der Waals surface area contributed by atoms with Crippen molar-refractivity contribution in [2.45, 2.75) is 13.2 Å². The Kier molecular flexibility index (Phi) is 5.45. The number of tetrazole rings is 1. The molecule has 1 amide bonds. The number of hydrogen-bond acceptors (Lipinski definition) is 7. The van der Waals surface area contributed by atoms with Crippen molar-refractivity contribution in [3.8, 4) is 16.5 Å². The summed E-state index contributed by atoms with van der Waals surface area (Å²) in [5.74, 6) is -0.738. The molecule has 9 nitrogen and oxygen atoms in total. The van der Waals surface area contributed by atoms with E-state index < -0.39 is 24.8 Å². The van der Waals surface area contributed by atoms with Crippen molar-refractivity contribution in [1.82, 2.24) is 19.8 Å². The maximum atomic E-state index is 12.5. The van der Waals surface area contributed by atoms with Gasteiger partial charge in [0.05, 0.1) is 7.11 Å². The number of halogens is 2. The number of rotatable bonds is 7. The third kappa shape index (κ3) is 4.28. The summed E-state index contributed by atoms with van der Waals surface area (Å²) < 4.78 is 36.1. The topological polar surface area (TPSA) is 100 Å². The fourth-order valence-corrected chi connectivity index (χ4v) is 2.85. The van der Waals surface area contributed by atoms with Crippen LogP contribution in [-0.2, 0) is 11.3 Å². The van der Waals surface area contributed by atoms with E-state index in [1.807, 2.05) is 0 Å². The number of thiophene rings is 1. The molecular formula is C15H13F2N5O4S. The van der Waals surface area contributed by atoms with Gasteiger partial charge in [0.25, 0.3) is 0 Å². The van der Waals surface area contributed by atoms with E-state index in [4.69, 9.17) is 4.74 Å². The zero-order valence-electron chi connectivity index (χ0n) is 13.8. The molecule has 0 bridgehead atoms. The van der Waals surface area contributed by atoms with E-state index in [1.165, 1.54) is 36.6 Å². The Balaban J connectivity index is 1.72. The molecule has 1 aromatic carbocycles. The Bertz CT molecular complexity index is 987. The van der Waals surface area contributed by atoms with Crippen LogP contribution in [-0.4, -0.2) is 39.4 Å². The predicted octanol–water partition coefficient (Wildman–Crippen LogP) is 1.74. The molecule has 0 spiro atoms. The van der Waals surface area contributed by atoms with Crippen LogP contribution in [0.4, 0.5) is 14.5 Å². The lowest BCUT2D eigenvalue weighted by Gasteiger charge is -2.12. The van der Waals surface area contributed by atoms with E-state index in [1.54, 1.807) is 17.5 Å². The van der Waals surface area contributed by atoms with Crippen LogP contribution in [0, 0.1) is 0 Å². The van der Waals surface area contributed by atoms with Gasteiger partial charge in [0.1, 0.15) is 11.5 Å². The van der Waals surface area contributed by atoms with Crippen LogP contribution >= 0.6 is 11.3 Å². The first kappa shape index (κ1) is 18.5. The summed E-state index contributed by atoms with van der Waals surface area (Å²) in [5.41, 5.74) is -0.390. The Hall–Kier alpha value is -3.28. The minimum atomic E-state index is -3.05. The number of amides is 1. The second-order valence-corrected chi connectivity index (χ2v) is 6.00. The van der Waals surface area contributed by atoms with Crippen LogP contribution in [0.1, 0.15) is 0 Å². The minimum absolute atomic E-state index is 0.0865. The molecule has 1 N–H and O–H groups in total. The Morgan fingerprint density at radius 3 is 2.78 bits per heavy atom. The average molecular weight is 397 g/mol. The summed E-state index contributed by atoms with van der Waals surface area (Å²) >= 11 is 1.29. The second-order valence-electron chi connectivity index (χ2n) is 5.07. The zero-order chi connectivity index (χ0) is 19.4. The largest absolute Gasteiger partial charge is 0.493 e. The van der Waals surface area contributed by atoms with Gasteiger partial charge in [-0.25, -0.2) is 4.79 Å². The van der Waals surface area contributed by atoms with Crippen LogP contribution in [0.2, 0.25) is 0 Å². The van der Waals surface area contributed by atoms with Crippen molar-refractivity contribution in [2.24, 2.45) is 0 Å². The van der Waals surface area contributed by atoms with Gasteiger partial charge in [0.2, 0.25) is 5.91 Å². The molecule has 0 atom stereocenters. The molecule has 3 rings (SSSR count). The third-order valence-electron chi connectivity index (χ3n) is 3.31. The molecule has 2 aromatic heterocycles. The SMILES string of the molecule is COc1ccc(NC(=O)Cn2nnn(-c3cccs3)c2=O)cc1OC(F)F. The van der Waals surface area contributed by atoms with E-state index in [9.17, 15) is 18.4 Å². The highest BCUT2D eigenvalue weighted by atomic mass is 32.1. The van der Waals surface area contributed by atoms with Gasteiger partial charge in [0, 0.05) is 11.8 Å². The van der Waals surface area contributed by atoms with Crippen LogP contribution in [0.15, 0.2) is 40.5 Å². The number of aromatic nitrogens is 4. The standard InChI is InChI=1S/C15H13F2N5O4S/c1-25-10-5-4-9(7-11(10)26-14(16)17)18-12(23)8-21-15(24)22(20-19-21)13-3-2-6-27-13/h2-7,14H,8H2,1H3,(H,18,23). The van der Waals surface area contributed by atoms with Crippen molar-refractivity contribution in [2.75, 3.05) is 12.4 Å². The fraction of sp³-hybridized carbons (Fsp3) is 0.200. The highest BCUT2D eigenvalue weighted by Gasteiger charge is 2.15. The molecule has 12 heteroatoms. The van der Waals surface area contributed by atoms with E-state index in [0.717, 1.165) is 9.36 Å². The molecule has 142 valence electrons. The number of nitrogens with zero attached hydrogens (tertiary/aromatic N) is 4. The number of carbonyl (C=O) groups excluding carboxylic acids is 1. The lowest BCUT2D eigenvalue weighted by molar-refractivity contribution is -0.117. The molecule has 0 aliphatic carbocycles. The monoisotopic (exact) mass is 397 g/mol. The first-order chi connectivity index (χ1) is 13.0. The summed E-state index contributed by atoms with van der Waals surface area (Å²) in [5, 5.41) is 12.2. The van der Waals surface area contributed by atoms with Gasteiger partial charge in [-0.15, -0.1) is 11.3 Å². The summed E-state index contributed by atoms with van der Waals surface area (Å²) in [6, 6.07) is 7.44. The first-order valence-corrected chi connectivity index (χ1v) is 8.35. The molecular weight excluding hydrogens is 384 g/mol. The first-order valence-electron chi connectivity index (χ1n) is 7.47. The number of hydrogen-bond donors (Lipinski definition) is 1. The molecule has 0 unspecified atom stereocenters. The molecule has 0 saturated carbocycles. The van der Waals surface area contributed by atoms with Crippen LogP contribution in [0.3, 0.4) is 0 Å². The fourth-order valence-electron chi connectivity index (χ4n) is 2.18. The van der Waals surface area contributed by atoms with E-state index in [0.29, 0.717) is 5.00 Å². The summed E-state index contributed by atoms with van der Waals surface area (Å²) in [6.45, 7) is -3.45. The van der Waals surface area contributed by atoms with Gasteiger partial charge in [-0.3, -0.25) is 4.79 Å². The molecule has 0 saturated heterocycles. The van der Waals surface area contributed by atoms with E-state index >= 15 is 0 Å². The maximum Gasteiger partial charge on any atom is 0.387 e. The molecule has 3 aromatic rings. The quantitative estimate of drug-likeness (QED) is 0.652. The van der Waals surface area contributed by atoms with Crippen molar-refractivity contribution in [3.05, 3.63) is 46.2 Å². The number of benzene rings is 1. The molecule has 2 heterocycles. The average Bonchev–Trinajstić information content (AvgIpc) is 3.25. The molecule has 0 fully saturated rings. The highest BCUT2D eigenvalue weighted by Crippen LogP contribution is 2.31. The van der Waals surface area contributed by atoms with Crippen molar-refractivity contribution >= 4 is 22.9 Å². The molecule has 27 heavy (non-hydrogen) atoms. The summed E-state index contributed by atoms with van der Waals surface area (Å²) in [4.78, 5) is 24.4.